The number of rotatable bonds is 40. The summed E-state index contributed by atoms with van der Waals surface area (Å²) in [7, 11) is -4.68. The van der Waals surface area contributed by atoms with Gasteiger partial charge in [0.25, 0.3) is 0 Å². The second-order valence-electron chi connectivity index (χ2n) is 14.4. The maximum absolute atomic E-state index is 12.6. The van der Waals surface area contributed by atoms with Crippen molar-refractivity contribution in [3.05, 3.63) is 72.9 Å². The van der Waals surface area contributed by atoms with Crippen LogP contribution < -0.4 is 0 Å². The molecule has 3 N–H and O–H groups in total. The number of hydrogen-bond donors (Lipinski definition) is 3. The van der Waals surface area contributed by atoms with Crippen LogP contribution in [0.2, 0.25) is 0 Å². The predicted molar refractivity (Wildman–Crippen MR) is 233 cm³/mol. The molecule has 0 bridgehead atoms. The Morgan fingerprint density at radius 3 is 1.66 bits per heavy atom. The lowest BCUT2D eigenvalue weighted by atomic mass is 10.1. The van der Waals surface area contributed by atoms with Crippen LogP contribution in [0.15, 0.2) is 72.9 Å². The quantitative estimate of drug-likeness (QED) is 0.0134. The minimum atomic E-state index is -4.68. The van der Waals surface area contributed by atoms with Crippen LogP contribution in [0.4, 0.5) is 0 Å². The van der Waals surface area contributed by atoms with Crippen LogP contribution in [0.5, 0.6) is 0 Å². The fraction of sp³-hybridized carbons (Fsp3) is 0.674. The van der Waals surface area contributed by atoms with E-state index in [2.05, 4.69) is 67.0 Å². The summed E-state index contributed by atoms with van der Waals surface area (Å²) in [5.74, 6) is -1.33. The predicted octanol–water partition coefficient (Wildman–Crippen LogP) is 10.8. The number of ketones is 1. The summed E-state index contributed by atoms with van der Waals surface area (Å²) in [6.07, 6.45) is 42.9. The van der Waals surface area contributed by atoms with E-state index in [1.54, 1.807) is 6.08 Å². The van der Waals surface area contributed by atoms with Gasteiger partial charge in [-0.05, 0) is 76.7 Å². The van der Waals surface area contributed by atoms with Crippen molar-refractivity contribution in [2.24, 2.45) is 0 Å². The van der Waals surface area contributed by atoms with E-state index in [0.29, 0.717) is 6.42 Å². The summed E-state index contributed by atoms with van der Waals surface area (Å²) in [5.41, 5.74) is 0. The highest BCUT2D eigenvalue weighted by Crippen LogP contribution is 2.43. The number of phosphoric ester groups is 1. The zero-order valence-electron chi connectivity index (χ0n) is 35.7. The first-order valence-electron chi connectivity index (χ1n) is 21.8. The summed E-state index contributed by atoms with van der Waals surface area (Å²) in [5, 5.41) is 18.3. The summed E-state index contributed by atoms with van der Waals surface area (Å²) in [6, 6.07) is 0. The Morgan fingerprint density at radius 2 is 1.07 bits per heavy atom. The Balaban J connectivity index is 4.51. The van der Waals surface area contributed by atoms with Crippen molar-refractivity contribution in [2.75, 3.05) is 26.4 Å². The van der Waals surface area contributed by atoms with E-state index in [9.17, 15) is 28.9 Å². The molecule has 0 saturated carbocycles. The molecule has 0 spiro atoms. The standard InChI is InChI=1S/C46H77O11P/c1-3-5-7-9-11-13-15-17-18-19-20-22-24-26-28-30-32-36-46(51)57-44(41-56-58(52,53)55-39-43(49)38-47)40-54-45(50)37-33-35-42(48)34-31-29-27-25-23-21-16-14-12-10-8-6-4-2/h11-14,17-18,21,23,27,29,31,34,43-44,47,49H,3-10,15-16,19-20,22,24-26,28,30,32-33,35-41H2,1-2H3,(H,52,53)/b13-11-,14-12-,18-17-,23-21-,29-27-,34-31+/t43-,44+/m0/s1. The number of allylic oxidation sites excluding steroid dienone is 12. The van der Waals surface area contributed by atoms with E-state index in [1.165, 1.54) is 51.0 Å². The molecule has 1 unspecified atom stereocenters. The van der Waals surface area contributed by atoms with Crippen LogP contribution in [-0.2, 0) is 37.5 Å². The summed E-state index contributed by atoms with van der Waals surface area (Å²) >= 11 is 0. The van der Waals surface area contributed by atoms with E-state index in [1.807, 2.05) is 12.2 Å². The van der Waals surface area contributed by atoms with Crippen molar-refractivity contribution < 1.29 is 52.6 Å². The van der Waals surface area contributed by atoms with E-state index < -0.39 is 58.4 Å². The van der Waals surface area contributed by atoms with Gasteiger partial charge in [-0.15, -0.1) is 0 Å². The van der Waals surface area contributed by atoms with Crippen LogP contribution in [0.1, 0.15) is 162 Å². The van der Waals surface area contributed by atoms with Gasteiger partial charge in [-0.3, -0.25) is 23.4 Å². The van der Waals surface area contributed by atoms with Crippen molar-refractivity contribution in [3.63, 3.8) is 0 Å². The average molecular weight is 837 g/mol. The third-order valence-electron chi connectivity index (χ3n) is 8.81. The molecule has 332 valence electrons. The summed E-state index contributed by atoms with van der Waals surface area (Å²) in [6.45, 7) is 2.03. The smallest absolute Gasteiger partial charge is 0.462 e. The Morgan fingerprint density at radius 1 is 0.569 bits per heavy atom. The summed E-state index contributed by atoms with van der Waals surface area (Å²) < 4.78 is 32.5. The van der Waals surface area contributed by atoms with E-state index in [0.717, 1.165) is 70.6 Å². The van der Waals surface area contributed by atoms with Gasteiger partial charge in [0, 0.05) is 19.3 Å². The number of aliphatic hydroxyl groups is 2. The molecule has 3 atom stereocenters. The van der Waals surface area contributed by atoms with Gasteiger partial charge < -0.3 is 24.6 Å². The minimum Gasteiger partial charge on any atom is -0.462 e. The molecule has 0 radical (unpaired) electrons. The lowest BCUT2D eigenvalue weighted by Crippen LogP contribution is -2.29. The molecule has 0 fully saturated rings. The topological polar surface area (TPSA) is 166 Å². The first-order valence-corrected chi connectivity index (χ1v) is 23.3. The highest BCUT2D eigenvalue weighted by Gasteiger charge is 2.27. The molecule has 0 aromatic heterocycles. The number of unbranched alkanes of at least 4 members (excludes halogenated alkanes) is 13. The van der Waals surface area contributed by atoms with Gasteiger partial charge in [-0.2, -0.15) is 0 Å². The maximum Gasteiger partial charge on any atom is 0.472 e. The van der Waals surface area contributed by atoms with Gasteiger partial charge in [0.05, 0.1) is 19.8 Å². The molecule has 0 aliphatic carbocycles. The van der Waals surface area contributed by atoms with Crippen LogP contribution in [0.25, 0.3) is 0 Å². The third-order valence-corrected chi connectivity index (χ3v) is 9.76. The molecule has 0 aliphatic rings. The van der Waals surface area contributed by atoms with Gasteiger partial charge in [-0.1, -0.05) is 138 Å². The first kappa shape index (κ1) is 55.1. The number of hydrogen-bond acceptors (Lipinski definition) is 10. The van der Waals surface area contributed by atoms with Crippen LogP contribution in [0, 0.1) is 0 Å². The van der Waals surface area contributed by atoms with Gasteiger partial charge in [-0.25, -0.2) is 4.57 Å². The van der Waals surface area contributed by atoms with E-state index >= 15 is 0 Å². The second kappa shape index (κ2) is 40.8. The van der Waals surface area contributed by atoms with E-state index in [4.69, 9.17) is 19.1 Å². The molecule has 0 aliphatic heterocycles. The van der Waals surface area contributed by atoms with Crippen molar-refractivity contribution >= 4 is 25.5 Å². The molecule has 0 rings (SSSR count). The zero-order chi connectivity index (χ0) is 42.8. The number of esters is 2. The Labute approximate surface area is 350 Å². The molecule has 12 heteroatoms. The molecule has 0 saturated heterocycles. The summed E-state index contributed by atoms with van der Waals surface area (Å²) in [4.78, 5) is 47.2. The van der Waals surface area contributed by atoms with E-state index in [-0.39, 0.29) is 31.5 Å². The number of carbonyl (C=O) groups excluding carboxylic acids is 3. The fourth-order valence-corrected chi connectivity index (χ4v) is 6.18. The van der Waals surface area contributed by atoms with Crippen LogP contribution >= 0.6 is 7.82 Å². The van der Waals surface area contributed by atoms with Crippen LogP contribution in [0.3, 0.4) is 0 Å². The van der Waals surface area contributed by atoms with Gasteiger partial charge in [0.2, 0.25) is 0 Å². The molecular weight excluding hydrogens is 759 g/mol. The van der Waals surface area contributed by atoms with Gasteiger partial charge in [0.1, 0.15) is 12.7 Å². The lowest BCUT2D eigenvalue weighted by molar-refractivity contribution is -0.161. The van der Waals surface area contributed by atoms with Gasteiger partial charge in [0.15, 0.2) is 11.9 Å². The van der Waals surface area contributed by atoms with Gasteiger partial charge >= 0.3 is 19.8 Å². The zero-order valence-corrected chi connectivity index (χ0v) is 36.6. The average Bonchev–Trinajstić information content (AvgIpc) is 3.20. The molecule has 0 aromatic rings. The SMILES string of the molecule is CCCCC/C=C\C/C=C\C/C=C\C=C\C(=O)CCCC(=O)OC[C@H](COP(=O)(O)OC[C@@H](O)CO)OC(=O)CCCCCCCCC/C=C\C/C=C\CCCCC. The molecular formula is C46H77O11P. The molecule has 11 nitrogen and oxygen atoms in total. The number of aliphatic hydroxyl groups excluding tert-OH is 2. The molecule has 0 aromatic carbocycles. The largest absolute Gasteiger partial charge is 0.472 e. The fourth-order valence-electron chi connectivity index (χ4n) is 5.39. The number of carbonyl (C=O) groups is 3. The van der Waals surface area contributed by atoms with Crippen molar-refractivity contribution in [1.82, 2.24) is 0 Å². The normalized spacial score (nSPS) is 14.4. The second-order valence-corrected chi connectivity index (χ2v) is 15.8. The number of ether oxygens (including phenoxy) is 2. The van der Waals surface area contributed by atoms with Crippen LogP contribution in [-0.4, -0.2) is 71.5 Å². The highest BCUT2D eigenvalue weighted by atomic mass is 31.2. The lowest BCUT2D eigenvalue weighted by Gasteiger charge is -2.20. The van der Waals surface area contributed by atoms with Crippen molar-refractivity contribution in [3.8, 4) is 0 Å². The maximum atomic E-state index is 12.6. The third kappa shape index (κ3) is 39.9. The molecule has 0 amide bonds. The minimum absolute atomic E-state index is 0.0526. The monoisotopic (exact) mass is 837 g/mol. The Bertz CT molecular complexity index is 1250. The van der Waals surface area contributed by atoms with Crippen molar-refractivity contribution in [1.29, 1.82) is 0 Å². The number of phosphoric acid groups is 1. The Hall–Kier alpha value is -2.92. The molecule has 58 heavy (non-hydrogen) atoms. The first-order chi connectivity index (χ1) is 28.1. The van der Waals surface area contributed by atoms with Crippen molar-refractivity contribution in [2.45, 2.75) is 174 Å². The molecule has 0 heterocycles. The highest BCUT2D eigenvalue weighted by molar-refractivity contribution is 7.47. The Kier molecular flexibility index (Phi) is 38.8.